The van der Waals surface area contributed by atoms with Gasteiger partial charge in [0.1, 0.15) is 5.69 Å². The van der Waals surface area contributed by atoms with Gasteiger partial charge in [-0.05, 0) is 27.7 Å². The van der Waals surface area contributed by atoms with Crippen LogP contribution in [-0.4, -0.2) is 80.3 Å². The lowest BCUT2D eigenvalue weighted by Gasteiger charge is -2.32. The smallest absolute Gasteiger partial charge is 0.283 e. The summed E-state index contributed by atoms with van der Waals surface area (Å²) in [6.45, 7) is 7.90. The Kier molecular flexibility index (Phi) is 8.27. The zero-order valence-electron chi connectivity index (χ0n) is 19.5. The normalized spacial score (nSPS) is 18.8. The zero-order chi connectivity index (χ0) is 25.4. The van der Waals surface area contributed by atoms with Crippen molar-refractivity contribution in [3.05, 3.63) is 38.4 Å². The summed E-state index contributed by atoms with van der Waals surface area (Å²) >= 11 is 14.1. The number of carbonyl (C=O) groups is 2. The lowest BCUT2D eigenvalue weighted by Crippen LogP contribution is -2.48. The Morgan fingerprint density at radius 1 is 1.15 bits per heavy atom. The predicted octanol–water partition coefficient (Wildman–Crippen LogP) is 3.39. The fraction of sp³-hybridized carbons (Fsp3) is 0.522. The van der Waals surface area contributed by atoms with Gasteiger partial charge < -0.3 is 25.1 Å². The first-order chi connectivity index (χ1) is 15.9. The van der Waals surface area contributed by atoms with Crippen molar-refractivity contribution in [1.29, 1.82) is 0 Å². The predicted molar refractivity (Wildman–Crippen MR) is 133 cm³/mol. The molecule has 1 saturated heterocycles. The molecule has 8 nitrogen and oxygen atoms in total. The average molecular weight is 530 g/mol. The summed E-state index contributed by atoms with van der Waals surface area (Å²) in [6, 6.07) is 3.28. The minimum absolute atomic E-state index is 0.0468. The quantitative estimate of drug-likeness (QED) is 0.528. The van der Waals surface area contributed by atoms with Gasteiger partial charge >= 0.3 is 0 Å². The first-order valence-corrected chi connectivity index (χ1v) is 12.6. The van der Waals surface area contributed by atoms with Crippen LogP contribution in [0.3, 0.4) is 0 Å². The zero-order valence-corrected chi connectivity index (χ0v) is 21.8. The third kappa shape index (κ3) is 5.40. The van der Waals surface area contributed by atoms with E-state index in [0.717, 1.165) is 11.3 Å². The van der Waals surface area contributed by atoms with Gasteiger partial charge in [0.15, 0.2) is 5.01 Å². The summed E-state index contributed by atoms with van der Waals surface area (Å²) < 4.78 is 0. The molecule has 186 valence electrons. The second-order valence-corrected chi connectivity index (χ2v) is 10.5. The number of carbonyl (C=O) groups excluding carboxylic acids is 2. The molecule has 0 unspecified atom stereocenters. The Hall–Kier alpha value is -1.75. The van der Waals surface area contributed by atoms with Crippen LogP contribution in [0.15, 0.2) is 12.1 Å². The van der Waals surface area contributed by atoms with E-state index < -0.39 is 23.7 Å². The SMILES string of the molecule is CCN(CC)C(=O)c1nc(C(=O)N2C[C@H](O)C[C@H](O)C2)sc1-c1ccc(C(C)(C)O)c(Cl)c1Cl. The largest absolute Gasteiger partial charge is 0.391 e. The van der Waals surface area contributed by atoms with E-state index in [-0.39, 0.29) is 46.2 Å². The number of thiazole rings is 1. The fourth-order valence-electron chi connectivity index (χ4n) is 3.94. The number of rotatable bonds is 6. The number of likely N-dealkylation sites (tertiary alicyclic amines) is 1. The lowest BCUT2D eigenvalue weighted by molar-refractivity contribution is -0.00387. The molecular formula is C23H29Cl2N3O5S. The van der Waals surface area contributed by atoms with Gasteiger partial charge in [-0.2, -0.15) is 0 Å². The van der Waals surface area contributed by atoms with Crippen LogP contribution in [0.25, 0.3) is 10.4 Å². The summed E-state index contributed by atoms with van der Waals surface area (Å²) in [5, 5.41) is 30.7. The molecule has 1 aromatic carbocycles. The molecule has 34 heavy (non-hydrogen) atoms. The number of nitrogens with zero attached hydrogens (tertiary/aromatic N) is 3. The van der Waals surface area contributed by atoms with Crippen LogP contribution in [0.1, 0.15) is 60.0 Å². The van der Waals surface area contributed by atoms with Crippen molar-refractivity contribution in [2.45, 2.75) is 51.9 Å². The molecule has 1 aromatic heterocycles. The molecule has 1 aliphatic heterocycles. The van der Waals surface area contributed by atoms with Crippen molar-refractivity contribution in [2.24, 2.45) is 0 Å². The highest BCUT2D eigenvalue weighted by molar-refractivity contribution is 7.17. The number of halogens is 2. The second-order valence-electron chi connectivity index (χ2n) is 8.78. The number of aromatic nitrogens is 1. The molecule has 2 heterocycles. The molecule has 2 aromatic rings. The molecule has 0 bridgehead atoms. The molecule has 0 radical (unpaired) electrons. The Morgan fingerprint density at radius 3 is 2.26 bits per heavy atom. The van der Waals surface area contributed by atoms with Gasteiger partial charge in [-0.3, -0.25) is 9.59 Å². The van der Waals surface area contributed by atoms with Gasteiger partial charge in [0.05, 0.1) is 32.7 Å². The standard InChI is InChI=1S/C23H29Cl2N3O5S/c1-5-27(6-2)21(31)18-19(14-7-8-15(23(3,4)33)17(25)16(14)24)34-20(26-18)22(32)28-10-12(29)9-13(30)11-28/h7-8,12-13,29-30,33H,5-6,9-11H2,1-4H3/t12-,13+. The molecule has 0 spiro atoms. The van der Waals surface area contributed by atoms with Gasteiger partial charge in [-0.1, -0.05) is 35.3 Å². The van der Waals surface area contributed by atoms with Gasteiger partial charge in [-0.15, -0.1) is 11.3 Å². The monoisotopic (exact) mass is 529 g/mol. The molecule has 1 aliphatic rings. The van der Waals surface area contributed by atoms with E-state index in [0.29, 0.717) is 29.1 Å². The van der Waals surface area contributed by atoms with E-state index in [9.17, 15) is 24.9 Å². The third-order valence-electron chi connectivity index (χ3n) is 5.74. The van der Waals surface area contributed by atoms with Crippen LogP contribution in [0.4, 0.5) is 0 Å². The van der Waals surface area contributed by atoms with Crippen LogP contribution in [0, 0.1) is 0 Å². The maximum atomic E-state index is 13.3. The minimum Gasteiger partial charge on any atom is -0.391 e. The number of β-amino-alcohol motifs (C(OH)–C–C–N with tert-alkyl or cyclic N) is 2. The molecule has 1 fully saturated rings. The van der Waals surface area contributed by atoms with E-state index in [1.54, 1.807) is 30.9 Å². The summed E-state index contributed by atoms with van der Waals surface area (Å²) in [5.74, 6) is -0.842. The van der Waals surface area contributed by atoms with Crippen LogP contribution in [0.5, 0.6) is 0 Å². The van der Waals surface area contributed by atoms with E-state index in [4.69, 9.17) is 23.2 Å². The van der Waals surface area contributed by atoms with Crippen molar-refractivity contribution < 1.29 is 24.9 Å². The number of aliphatic hydroxyl groups excluding tert-OH is 2. The Bertz CT molecular complexity index is 1070. The van der Waals surface area contributed by atoms with Crippen molar-refractivity contribution in [1.82, 2.24) is 14.8 Å². The highest BCUT2D eigenvalue weighted by Gasteiger charge is 2.33. The van der Waals surface area contributed by atoms with Gasteiger partial charge in [0.2, 0.25) is 0 Å². The number of amides is 2. The summed E-state index contributed by atoms with van der Waals surface area (Å²) in [4.78, 5) is 34.2. The molecule has 0 saturated carbocycles. The average Bonchev–Trinajstić information content (AvgIpc) is 3.19. The first kappa shape index (κ1) is 26.8. The van der Waals surface area contributed by atoms with Crippen molar-refractivity contribution in [3.63, 3.8) is 0 Å². The van der Waals surface area contributed by atoms with Gasteiger partial charge in [-0.25, -0.2) is 4.98 Å². The van der Waals surface area contributed by atoms with Crippen LogP contribution in [0.2, 0.25) is 10.0 Å². The third-order valence-corrected chi connectivity index (χ3v) is 7.70. The topological polar surface area (TPSA) is 114 Å². The van der Waals surface area contributed by atoms with Gasteiger partial charge in [0, 0.05) is 43.7 Å². The minimum atomic E-state index is -1.23. The first-order valence-electron chi connectivity index (χ1n) is 11.1. The Morgan fingerprint density at radius 2 is 1.74 bits per heavy atom. The fourth-order valence-corrected chi connectivity index (χ4v) is 5.71. The molecular weight excluding hydrogens is 501 g/mol. The number of hydrogen-bond acceptors (Lipinski definition) is 7. The van der Waals surface area contributed by atoms with Crippen LogP contribution < -0.4 is 0 Å². The summed E-state index contributed by atoms with van der Waals surface area (Å²) in [6.07, 6.45) is -1.49. The Labute approximate surface area is 212 Å². The number of piperidine rings is 1. The maximum absolute atomic E-state index is 13.3. The van der Waals surface area contributed by atoms with E-state index in [2.05, 4.69) is 4.98 Å². The molecule has 2 amide bonds. The highest BCUT2D eigenvalue weighted by Crippen LogP contribution is 2.43. The highest BCUT2D eigenvalue weighted by atomic mass is 35.5. The maximum Gasteiger partial charge on any atom is 0.283 e. The summed E-state index contributed by atoms with van der Waals surface area (Å²) in [5.41, 5.74) is -0.310. The van der Waals surface area contributed by atoms with E-state index >= 15 is 0 Å². The lowest BCUT2D eigenvalue weighted by atomic mass is 9.96. The van der Waals surface area contributed by atoms with E-state index in [1.807, 2.05) is 13.8 Å². The summed E-state index contributed by atoms with van der Waals surface area (Å²) in [7, 11) is 0. The number of hydrogen-bond donors (Lipinski definition) is 3. The van der Waals surface area contributed by atoms with Gasteiger partial charge in [0.25, 0.3) is 11.8 Å². The van der Waals surface area contributed by atoms with Crippen LogP contribution in [-0.2, 0) is 5.60 Å². The number of aliphatic hydroxyl groups is 3. The van der Waals surface area contributed by atoms with Crippen molar-refractivity contribution >= 4 is 46.4 Å². The Balaban J connectivity index is 2.13. The molecule has 11 heteroatoms. The molecule has 3 rings (SSSR count). The second kappa shape index (κ2) is 10.5. The molecule has 3 N–H and O–H groups in total. The van der Waals surface area contributed by atoms with Crippen molar-refractivity contribution in [3.8, 4) is 10.4 Å². The van der Waals surface area contributed by atoms with Crippen molar-refractivity contribution in [2.75, 3.05) is 26.2 Å². The molecule has 0 aliphatic carbocycles. The van der Waals surface area contributed by atoms with E-state index in [1.165, 1.54) is 4.90 Å². The van der Waals surface area contributed by atoms with Crippen LogP contribution >= 0.6 is 34.5 Å². The number of benzene rings is 1. The molecule has 2 atom stereocenters.